The Balaban J connectivity index is 2.16. The highest BCUT2D eigenvalue weighted by Gasteiger charge is 2.08. The topological polar surface area (TPSA) is 34.1 Å². The van der Waals surface area contributed by atoms with Gasteiger partial charge in [-0.25, -0.2) is 9.37 Å². The van der Waals surface area contributed by atoms with Crippen molar-refractivity contribution in [2.24, 2.45) is 0 Å². The standard InChI is InChI=1S/C14H14ClFN2O/c1-2-7-17-13-9-10(6-8-18-13)19-12-5-3-4-11(15)14(12)16/h3-6,8-9H,2,7H2,1H3,(H,17,18). The maximum absolute atomic E-state index is 13.7. The van der Waals surface area contributed by atoms with Gasteiger partial charge in [0.15, 0.2) is 11.6 Å². The lowest BCUT2D eigenvalue weighted by Gasteiger charge is -2.09. The van der Waals surface area contributed by atoms with Crippen molar-refractivity contribution < 1.29 is 9.13 Å². The van der Waals surface area contributed by atoms with Crippen molar-refractivity contribution in [3.63, 3.8) is 0 Å². The second kappa shape index (κ2) is 6.38. The zero-order chi connectivity index (χ0) is 13.7. The normalized spacial score (nSPS) is 10.3. The molecule has 0 aliphatic carbocycles. The molecule has 0 saturated heterocycles. The maximum atomic E-state index is 13.7. The summed E-state index contributed by atoms with van der Waals surface area (Å²) in [5.74, 6) is 0.737. The molecule has 19 heavy (non-hydrogen) atoms. The van der Waals surface area contributed by atoms with Crippen LogP contribution in [0, 0.1) is 5.82 Å². The van der Waals surface area contributed by atoms with Crippen molar-refractivity contribution in [1.82, 2.24) is 4.98 Å². The van der Waals surface area contributed by atoms with Crippen LogP contribution in [0.15, 0.2) is 36.5 Å². The van der Waals surface area contributed by atoms with E-state index in [-0.39, 0.29) is 10.8 Å². The van der Waals surface area contributed by atoms with Crippen molar-refractivity contribution in [2.75, 3.05) is 11.9 Å². The van der Waals surface area contributed by atoms with Crippen LogP contribution in [-0.2, 0) is 0 Å². The molecule has 0 radical (unpaired) electrons. The van der Waals surface area contributed by atoms with E-state index in [9.17, 15) is 4.39 Å². The number of hydrogen-bond acceptors (Lipinski definition) is 3. The molecule has 1 heterocycles. The number of ether oxygens (including phenoxy) is 1. The highest BCUT2D eigenvalue weighted by atomic mass is 35.5. The second-order valence-electron chi connectivity index (χ2n) is 3.96. The smallest absolute Gasteiger partial charge is 0.184 e. The molecule has 3 nitrogen and oxygen atoms in total. The number of nitrogens with zero attached hydrogens (tertiary/aromatic N) is 1. The van der Waals surface area contributed by atoms with Crippen LogP contribution in [0.25, 0.3) is 0 Å². The van der Waals surface area contributed by atoms with E-state index in [1.807, 2.05) is 0 Å². The quantitative estimate of drug-likeness (QED) is 0.876. The van der Waals surface area contributed by atoms with Crippen molar-refractivity contribution in [2.45, 2.75) is 13.3 Å². The zero-order valence-corrected chi connectivity index (χ0v) is 11.2. The molecule has 0 fully saturated rings. The van der Waals surface area contributed by atoms with E-state index >= 15 is 0 Å². The van der Waals surface area contributed by atoms with Gasteiger partial charge in [0.05, 0.1) is 5.02 Å². The number of aromatic nitrogens is 1. The lowest BCUT2D eigenvalue weighted by atomic mass is 10.3. The van der Waals surface area contributed by atoms with Gasteiger partial charge in [-0.3, -0.25) is 0 Å². The molecular weight excluding hydrogens is 267 g/mol. The number of anilines is 1. The van der Waals surface area contributed by atoms with E-state index < -0.39 is 5.82 Å². The molecule has 5 heteroatoms. The van der Waals surface area contributed by atoms with Crippen molar-refractivity contribution in [3.8, 4) is 11.5 Å². The van der Waals surface area contributed by atoms with Crippen LogP contribution in [0.5, 0.6) is 11.5 Å². The van der Waals surface area contributed by atoms with Crippen LogP contribution < -0.4 is 10.1 Å². The van der Waals surface area contributed by atoms with Gasteiger partial charge in [-0.1, -0.05) is 24.6 Å². The van der Waals surface area contributed by atoms with E-state index in [4.69, 9.17) is 16.3 Å². The molecule has 1 N–H and O–H groups in total. The Morgan fingerprint density at radius 1 is 1.37 bits per heavy atom. The molecule has 0 spiro atoms. The van der Waals surface area contributed by atoms with Gasteiger partial charge in [0, 0.05) is 18.8 Å². The Morgan fingerprint density at radius 3 is 3.00 bits per heavy atom. The molecule has 1 aromatic heterocycles. The minimum absolute atomic E-state index is 0.0379. The number of halogens is 2. The Labute approximate surface area is 116 Å². The summed E-state index contributed by atoms with van der Waals surface area (Å²) in [6.07, 6.45) is 2.60. The molecule has 100 valence electrons. The number of rotatable bonds is 5. The van der Waals surface area contributed by atoms with Gasteiger partial charge in [-0.2, -0.15) is 0 Å². The fraction of sp³-hybridized carbons (Fsp3) is 0.214. The van der Waals surface area contributed by atoms with E-state index in [0.29, 0.717) is 11.6 Å². The Hall–Kier alpha value is -1.81. The van der Waals surface area contributed by atoms with Crippen LogP contribution in [-0.4, -0.2) is 11.5 Å². The third kappa shape index (κ3) is 3.58. The molecule has 2 aromatic rings. The summed E-state index contributed by atoms with van der Waals surface area (Å²) in [5.41, 5.74) is 0. The summed E-state index contributed by atoms with van der Waals surface area (Å²) in [6.45, 7) is 2.89. The molecule has 0 atom stereocenters. The number of benzene rings is 1. The average molecular weight is 281 g/mol. The fourth-order valence-corrected chi connectivity index (χ4v) is 1.68. The molecular formula is C14H14ClFN2O. The molecule has 0 saturated carbocycles. The molecule has 1 aromatic carbocycles. The van der Waals surface area contributed by atoms with E-state index in [0.717, 1.165) is 13.0 Å². The van der Waals surface area contributed by atoms with Crippen molar-refractivity contribution in [1.29, 1.82) is 0 Å². The Kier molecular flexibility index (Phi) is 4.58. The summed E-state index contributed by atoms with van der Waals surface area (Å²) >= 11 is 5.70. The third-order valence-electron chi connectivity index (χ3n) is 2.43. The molecule has 0 bridgehead atoms. The van der Waals surface area contributed by atoms with Gasteiger partial charge in [0.1, 0.15) is 11.6 Å². The van der Waals surface area contributed by atoms with Crippen LogP contribution in [0.1, 0.15) is 13.3 Å². The van der Waals surface area contributed by atoms with E-state index in [1.165, 1.54) is 12.1 Å². The summed E-state index contributed by atoms with van der Waals surface area (Å²) in [7, 11) is 0. The van der Waals surface area contributed by atoms with E-state index in [2.05, 4.69) is 17.2 Å². The summed E-state index contributed by atoms with van der Waals surface area (Å²) in [6, 6.07) is 8.02. The van der Waals surface area contributed by atoms with Gasteiger partial charge >= 0.3 is 0 Å². The summed E-state index contributed by atoms with van der Waals surface area (Å²) in [4.78, 5) is 4.15. The van der Waals surface area contributed by atoms with Crippen LogP contribution >= 0.6 is 11.6 Å². The van der Waals surface area contributed by atoms with Crippen LogP contribution in [0.4, 0.5) is 10.2 Å². The predicted octanol–water partition coefficient (Wildman–Crippen LogP) is 4.49. The first-order chi connectivity index (χ1) is 9.20. The third-order valence-corrected chi connectivity index (χ3v) is 2.72. The number of pyridine rings is 1. The molecule has 0 aliphatic rings. The van der Waals surface area contributed by atoms with Gasteiger partial charge in [0.25, 0.3) is 0 Å². The first-order valence-corrected chi connectivity index (χ1v) is 6.40. The summed E-state index contributed by atoms with van der Waals surface area (Å²) in [5, 5.41) is 3.17. The maximum Gasteiger partial charge on any atom is 0.184 e. The van der Waals surface area contributed by atoms with Gasteiger partial charge in [-0.15, -0.1) is 0 Å². The molecule has 2 rings (SSSR count). The lowest BCUT2D eigenvalue weighted by molar-refractivity contribution is 0.442. The highest BCUT2D eigenvalue weighted by Crippen LogP contribution is 2.29. The molecule has 0 unspecified atom stereocenters. The predicted molar refractivity (Wildman–Crippen MR) is 74.5 cm³/mol. The highest BCUT2D eigenvalue weighted by molar-refractivity contribution is 6.30. The lowest BCUT2D eigenvalue weighted by Crippen LogP contribution is -2.01. The minimum Gasteiger partial charge on any atom is -0.454 e. The van der Waals surface area contributed by atoms with Crippen molar-refractivity contribution >= 4 is 17.4 Å². The van der Waals surface area contributed by atoms with Crippen LogP contribution in [0.3, 0.4) is 0 Å². The van der Waals surface area contributed by atoms with Gasteiger partial charge in [0.2, 0.25) is 0 Å². The number of hydrogen-bond donors (Lipinski definition) is 1. The Bertz CT molecular complexity index is 563. The SMILES string of the molecule is CCCNc1cc(Oc2cccc(Cl)c2F)ccn1. The molecule has 0 aliphatic heterocycles. The first kappa shape index (κ1) is 13.6. The molecule has 0 amide bonds. The van der Waals surface area contributed by atoms with E-state index in [1.54, 1.807) is 24.4 Å². The van der Waals surface area contributed by atoms with Crippen LogP contribution in [0.2, 0.25) is 5.02 Å². The average Bonchev–Trinajstić information content (AvgIpc) is 2.42. The van der Waals surface area contributed by atoms with Gasteiger partial charge in [-0.05, 0) is 24.6 Å². The fourth-order valence-electron chi connectivity index (χ4n) is 1.51. The zero-order valence-electron chi connectivity index (χ0n) is 10.5. The first-order valence-electron chi connectivity index (χ1n) is 6.02. The van der Waals surface area contributed by atoms with Crippen molar-refractivity contribution in [3.05, 3.63) is 47.4 Å². The van der Waals surface area contributed by atoms with Gasteiger partial charge < -0.3 is 10.1 Å². The Morgan fingerprint density at radius 2 is 2.21 bits per heavy atom. The summed E-state index contributed by atoms with van der Waals surface area (Å²) < 4.78 is 19.2. The largest absolute Gasteiger partial charge is 0.454 e. The number of nitrogens with one attached hydrogen (secondary N) is 1. The minimum atomic E-state index is -0.566. The monoisotopic (exact) mass is 280 g/mol. The second-order valence-corrected chi connectivity index (χ2v) is 4.36.